The van der Waals surface area contributed by atoms with E-state index in [-0.39, 0.29) is 0 Å². The Labute approximate surface area is 209 Å². The topological polar surface area (TPSA) is 39.3 Å². The Morgan fingerprint density at radius 3 is 1.65 bits per heavy atom. The highest BCUT2D eigenvalue weighted by Gasteiger charge is 2.21. The summed E-state index contributed by atoms with van der Waals surface area (Å²) < 4.78 is 0. The van der Waals surface area contributed by atoms with Crippen molar-refractivity contribution in [1.82, 2.24) is 5.32 Å². The van der Waals surface area contributed by atoms with Crippen molar-refractivity contribution in [3.05, 3.63) is 91.0 Å². The number of nitrogens with zero attached hydrogens (tertiary/aromatic N) is 1. The largest absolute Gasteiger partial charge is 0.367 e. The molecule has 4 nitrogen and oxygen atoms in total. The Balaban J connectivity index is 0.000000136. The molecule has 0 aromatic heterocycles. The quantitative estimate of drug-likeness (QED) is 0.230. The predicted molar refractivity (Wildman–Crippen MR) is 146 cm³/mol. The van der Waals surface area contributed by atoms with Gasteiger partial charge in [-0.15, -0.1) is 0 Å². The van der Waals surface area contributed by atoms with E-state index < -0.39 is 0 Å². The molecular weight excluding hydrogens is 456 g/mol. The van der Waals surface area contributed by atoms with Crippen LogP contribution >= 0.6 is 23.5 Å². The second-order valence-electron chi connectivity index (χ2n) is 8.33. The van der Waals surface area contributed by atoms with Gasteiger partial charge in [-0.2, -0.15) is 0 Å². The Kier molecular flexibility index (Phi) is 6.10. The number of anilines is 5. The summed E-state index contributed by atoms with van der Waals surface area (Å²) in [4.78, 5) is 7.69. The Morgan fingerprint density at radius 1 is 0.529 bits per heavy atom. The lowest BCUT2D eigenvalue weighted by molar-refractivity contribution is 0.589. The van der Waals surface area contributed by atoms with Crippen molar-refractivity contribution < 1.29 is 0 Å². The van der Waals surface area contributed by atoms with E-state index in [9.17, 15) is 0 Å². The lowest BCUT2D eigenvalue weighted by Gasteiger charge is -2.33. The van der Waals surface area contributed by atoms with Crippen LogP contribution in [0.25, 0.3) is 0 Å². The van der Waals surface area contributed by atoms with Gasteiger partial charge in [0.25, 0.3) is 0 Å². The predicted octanol–water partition coefficient (Wildman–Crippen LogP) is 7.20. The smallest absolute Gasteiger partial charge is 0.0764 e. The molecule has 0 unspecified atom stereocenters. The van der Waals surface area contributed by atoms with Crippen molar-refractivity contribution in [3.63, 3.8) is 0 Å². The monoisotopic (exact) mass is 482 g/mol. The molecule has 34 heavy (non-hydrogen) atoms. The van der Waals surface area contributed by atoms with Gasteiger partial charge in [-0.25, -0.2) is 0 Å². The minimum absolute atomic E-state index is 1.06. The summed E-state index contributed by atoms with van der Waals surface area (Å²) in [6.07, 6.45) is 0. The van der Waals surface area contributed by atoms with Crippen molar-refractivity contribution in [3.8, 4) is 0 Å². The van der Waals surface area contributed by atoms with Crippen LogP contribution in [0.15, 0.2) is 111 Å². The minimum atomic E-state index is 1.06. The SMILES string of the molecule is c1ccc2c(c1)Nc1c(cccc1N1CCNCC1)S2.c1ccc2c(c1)Nc1ccccc1S2. The van der Waals surface area contributed by atoms with E-state index in [4.69, 9.17) is 0 Å². The summed E-state index contributed by atoms with van der Waals surface area (Å²) in [5.41, 5.74) is 6.21. The van der Waals surface area contributed by atoms with E-state index in [1.807, 2.05) is 23.5 Å². The van der Waals surface area contributed by atoms with E-state index in [0.717, 1.165) is 26.2 Å². The first-order chi connectivity index (χ1) is 16.8. The number of nitrogens with one attached hydrogen (secondary N) is 3. The van der Waals surface area contributed by atoms with Gasteiger partial charge >= 0.3 is 0 Å². The number of piperazine rings is 1. The van der Waals surface area contributed by atoms with Gasteiger partial charge in [-0.3, -0.25) is 0 Å². The van der Waals surface area contributed by atoms with Gasteiger partial charge in [-0.1, -0.05) is 66.0 Å². The van der Waals surface area contributed by atoms with Crippen molar-refractivity contribution in [2.24, 2.45) is 0 Å². The third-order valence-electron chi connectivity index (χ3n) is 6.09. The van der Waals surface area contributed by atoms with Crippen molar-refractivity contribution in [1.29, 1.82) is 0 Å². The molecule has 0 spiro atoms. The van der Waals surface area contributed by atoms with Crippen LogP contribution in [0.4, 0.5) is 28.4 Å². The van der Waals surface area contributed by atoms with Crippen LogP contribution < -0.4 is 20.9 Å². The van der Waals surface area contributed by atoms with E-state index in [1.165, 1.54) is 48.0 Å². The fourth-order valence-corrected chi connectivity index (χ4v) is 6.40. The summed E-state index contributed by atoms with van der Waals surface area (Å²) in [6, 6.07) is 31.9. The van der Waals surface area contributed by atoms with Crippen LogP contribution in [0.2, 0.25) is 0 Å². The number of fused-ring (bicyclic) bond motifs is 4. The first-order valence-electron chi connectivity index (χ1n) is 11.6. The van der Waals surface area contributed by atoms with Gasteiger partial charge in [0.15, 0.2) is 0 Å². The molecule has 3 aliphatic rings. The van der Waals surface area contributed by atoms with E-state index >= 15 is 0 Å². The van der Waals surface area contributed by atoms with Gasteiger partial charge < -0.3 is 20.9 Å². The Bertz CT molecular complexity index is 1230. The fourth-order valence-electron chi connectivity index (χ4n) is 4.39. The molecule has 0 aliphatic carbocycles. The summed E-state index contributed by atoms with van der Waals surface area (Å²) >= 11 is 3.68. The molecule has 170 valence electrons. The molecule has 0 bridgehead atoms. The van der Waals surface area contributed by atoms with Gasteiger partial charge in [0.05, 0.1) is 28.4 Å². The molecule has 6 heteroatoms. The van der Waals surface area contributed by atoms with Crippen LogP contribution in [0, 0.1) is 0 Å². The summed E-state index contributed by atoms with van der Waals surface area (Å²) in [5.74, 6) is 0. The van der Waals surface area contributed by atoms with Crippen LogP contribution in [0.5, 0.6) is 0 Å². The second kappa shape index (κ2) is 9.66. The van der Waals surface area contributed by atoms with E-state index in [1.54, 1.807) is 0 Å². The molecule has 3 aliphatic heterocycles. The zero-order chi connectivity index (χ0) is 22.7. The molecule has 0 saturated carbocycles. The molecule has 4 aromatic carbocycles. The van der Waals surface area contributed by atoms with Gasteiger partial charge in [0.1, 0.15) is 0 Å². The molecule has 3 N–H and O–H groups in total. The number of para-hydroxylation sites is 4. The lowest BCUT2D eigenvalue weighted by atomic mass is 10.2. The van der Waals surface area contributed by atoms with Gasteiger partial charge in [0, 0.05) is 45.8 Å². The van der Waals surface area contributed by atoms with Crippen LogP contribution in [0.1, 0.15) is 0 Å². The highest BCUT2D eigenvalue weighted by Crippen LogP contribution is 2.48. The van der Waals surface area contributed by atoms with Crippen molar-refractivity contribution >= 4 is 52.0 Å². The molecule has 1 fully saturated rings. The first-order valence-corrected chi connectivity index (χ1v) is 13.2. The first kappa shape index (κ1) is 21.5. The second-order valence-corrected chi connectivity index (χ2v) is 10.5. The highest BCUT2D eigenvalue weighted by atomic mass is 32.2. The number of hydrogen-bond acceptors (Lipinski definition) is 6. The number of rotatable bonds is 1. The summed E-state index contributed by atoms with van der Waals surface area (Å²) in [7, 11) is 0. The zero-order valence-electron chi connectivity index (χ0n) is 18.8. The molecule has 0 amide bonds. The molecule has 0 radical (unpaired) electrons. The normalized spacial score (nSPS) is 15.2. The fraction of sp³-hybridized carbons (Fsp3) is 0.143. The Hall–Kier alpha value is -3.06. The molecule has 0 atom stereocenters. The average molecular weight is 483 g/mol. The lowest BCUT2D eigenvalue weighted by Crippen LogP contribution is -2.43. The van der Waals surface area contributed by atoms with Crippen LogP contribution in [-0.4, -0.2) is 26.2 Å². The average Bonchev–Trinajstić information content (AvgIpc) is 2.91. The van der Waals surface area contributed by atoms with Crippen LogP contribution in [-0.2, 0) is 0 Å². The third-order valence-corrected chi connectivity index (χ3v) is 8.38. The maximum Gasteiger partial charge on any atom is 0.0764 e. The zero-order valence-corrected chi connectivity index (χ0v) is 20.4. The molecule has 7 rings (SSSR count). The minimum Gasteiger partial charge on any atom is -0.367 e. The van der Waals surface area contributed by atoms with Gasteiger partial charge in [-0.05, 0) is 48.5 Å². The molecule has 3 heterocycles. The molecule has 4 aromatic rings. The maximum atomic E-state index is 3.62. The highest BCUT2D eigenvalue weighted by molar-refractivity contribution is 8.00. The van der Waals surface area contributed by atoms with E-state index in [2.05, 4.69) is 112 Å². The molecular formula is C28H26N4S2. The third kappa shape index (κ3) is 4.37. The number of hydrogen-bond donors (Lipinski definition) is 3. The van der Waals surface area contributed by atoms with E-state index in [0.29, 0.717) is 0 Å². The van der Waals surface area contributed by atoms with Crippen LogP contribution in [0.3, 0.4) is 0 Å². The summed E-state index contributed by atoms with van der Waals surface area (Å²) in [5, 5.41) is 10.5. The molecule has 1 saturated heterocycles. The van der Waals surface area contributed by atoms with Crippen molar-refractivity contribution in [2.75, 3.05) is 41.7 Å². The summed E-state index contributed by atoms with van der Waals surface area (Å²) in [6.45, 7) is 4.27. The Morgan fingerprint density at radius 2 is 1.03 bits per heavy atom. The standard InChI is InChI=1S/C16H17N3S.C12H9NS/c1-2-6-14-12(4-1)18-16-13(5-3-7-15(16)20-14)19-10-8-17-9-11-19;1-3-7-11-9(5-1)13-10-6-2-4-8-12(10)14-11/h1-7,17-18H,8-11H2;1-8,13H. The van der Waals surface area contributed by atoms with Gasteiger partial charge in [0.2, 0.25) is 0 Å². The maximum absolute atomic E-state index is 3.62. The number of benzene rings is 4. The van der Waals surface area contributed by atoms with Crippen molar-refractivity contribution in [2.45, 2.75) is 19.6 Å².